The van der Waals surface area contributed by atoms with Crippen LogP contribution in [-0.4, -0.2) is 28.1 Å². The van der Waals surface area contributed by atoms with Gasteiger partial charge in [0.05, 0.1) is 5.60 Å². The smallest absolute Gasteiger partial charge is 0.233 e. The fourth-order valence-corrected chi connectivity index (χ4v) is 2.04. The van der Waals surface area contributed by atoms with Crippen LogP contribution in [0.2, 0.25) is 0 Å². The molecule has 5 nitrogen and oxygen atoms in total. The first-order valence-corrected chi connectivity index (χ1v) is 5.42. The largest absolute Gasteiger partial charge is 0.373 e. The molecule has 6 heteroatoms. The topological polar surface area (TPSA) is 73.1 Å². The monoisotopic (exact) mass is 214 g/mol. The maximum Gasteiger partial charge on any atom is 0.233 e. The summed E-state index contributed by atoms with van der Waals surface area (Å²) in [7, 11) is 0. The van der Waals surface area contributed by atoms with Gasteiger partial charge in [0.2, 0.25) is 11.1 Å². The second-order valence-corrected chi connectivity index (χ2v) is 4.47. The molecule has 1 aliphatic rings. The molecule has 0 spiro atoms. The Labute approximate surface area is 86.8 Å². The van der Waals surface area contributed by atoms with Crippen LogP contribution in [0, 0.1) is 0 Å². The summed E-state index contributed by atoms with van der Waals surface area (Å²) in [6.45, 7) is 3.73. The highest BCUT2D eigenvalue weighted by Crippen LogP contribution is 2.25. The van der Waals surface area contributed by atoms with Crippen molar-refractivity contribution in [2.24, 2.45) is 0 Å². The zero-order chi connectivity index (χ0) is 10.0. The normalized spacial score (nSPS) is 26.6. The van der Waals surface area contributed by atoms with Gasteiger partial charge in [-0.3, -0.25) is 0 Å². The van der Waals surface area contributed by atoms with Gasteiger partial charge in [-0.25, -0.2) is 0 Å². The van der Waals surface area contributed by atoms with Crippen molar-refractivity contribution < 1.29 is 4.74 Å². The van der Waals surface area contributed by atoms with E-state index in [0.29, 0.717) is 5.95 Å². The summed E-state index contributed by atoms with van der Waals surface area (Å²) in [5, 5.41) is 3.95. The van der Waals surface area contributed by atoms with Crippen LogP contribution in [0.4, 0.5) is 11.1 Å². The third-order valence-corrected chi connectivity index (χ3v) is 3.04. The Balaban J connectivity index is 1.87. The van der Waals surface area contributed by atoms with Crippen LogP contribution < -0.4 is 11.1 Å². The Kier molecular flexibility index (Phi) is 2.56. The van der Waals surface area contributed by atoms with E-state index >= 15 is 0 Å². The molecule has 0 aromatic carbocycles. The minimum atomic E-state index is -0.0551. The molecule has 1 atom stereocenters. The van der Waals surface area contributed by atoms with Crippen LogP contribution in [0.15, 0.2) is 0 Å². The lowest BCUT2D eigenvalue weighted by atomic mass is 10.0. The summed E-state index contributed by atoms with van der Waals surface area (Å²) in [6, 6.07) is 0. The van der Waals surface area contributed by atoms with Crippen molar-refractivity contribution in [3.63, 3.8) is 0 Å². The van der Waals surface area contributed by atoms with Crippen LogP contribution in [0.25, 0.3) is 0 Å². The number of hydrogen-bond acceptors (Lipinski definition) is 6. The zero-order valence-corrected chi connectivity index (χ0v) is 8.93. The van der Waals surface area contributed by atoms with Crippen molar-refractivity contribution in [1.82, 2.24) is 9.36 Å². The fourth-order valence-electron chi connectivity index (χ4n) is 1.55. The van der Waals surface area contributed by atoms with E-state index in [0.717, 1.165) is 31.1 Å². The number of anilines is 2. The second kappa shape index (κ2) is 3.70. The third-order valence-electron chi connectivity index (χ3n) is 2.36. The summed E-state index contributed by atoms with van der Waals surface area (Å²) in [5.41, 5.74) is 5.36. The van der Waals surface area contributed by atoms with Gasteiger partial charge in [-0.05, 0) is 19.8 Å². The number of nitrogens with one attached hydrogen (secondary N) is 1. The van der Waals surface area contributed by atoms with Gasteiger partial charge in [0, 0.05) is 24.7 Å². The molecule has 0 radical (unpaired) electrons. The molecular formula is C8H14N4OS. The molecule has 14 heavy (non-hydrogen) atoms. The van der Waals surface area contributed by atoms with Crippen LogP contribution >= 0.6 is 11.5 Å². The first kappa shape index (κ1) is 9.67. The van der Waals surface area contributed by atoms with Gasteiger partial charge >= 0.3 is 0 Å². The van der Waals surface area contributed by atoms with Crippen molar-refractivity contribution >= 4 is 22.6 Å². The highest BCUT2D eigenvalue weighted by molar-refractivity contribution is 7.09. The van der Waals surface area contributed by atoms with E-state index in [4.69, 9.17) is 10.5 Å². The van der Waals surface area contributed by atoms with Gasteiger partial charge in [0.15, 0.2) is 0 Å². The van der Waals surface area contributed by atoms with Crippen LogP contribution in [0.3, 0.4) is 0 Å². The average Bonchev–Trinajstić information content (AvgIpc) is 2.73. The number of nitrogens with two attached hydrogens (primary N) is 1. The Hall–Kier alpha value is -0.880. The molecule has 2 heterocycles. The molecule has 78 valence electrons. The Bertz CT molecular complexity index is 308. The lowest BCUT2D eigenvalue weighted by Crippen LogP contribution is -2.32. The SMILES string of the molecule is CC1(CNc2nc(N)ns2)CCCO1. The Morgan fingerprint density at radius 1 is 1.71 bits per heavy atom. The molecule has 0 saturated carbocycles. The molecule has 1 aromatic rings. The molecule has 1 fully saturated rings. The van der Waals surface area contributed by atoms with E-state index in [-0.39, 0.29) is 5.60 Å². The molecule has 1 aromatic heterocycles. The maximum atomic E-state index is 5.63. The number of hydrogen-bond donors (Lipinski definition) is 2. The van der Waals surface area contributed by atoms with Crippen molar-refractivity contribution in [2.45, 2.75) is 25.4 Å². The minimum absolute atomic E-state index is 0.0551. The number of ether oxygens (including phenoxy) is 1. The molecule has 2 rings (SSSR count). The van der Waals surface area contributed by atoms with E-state index in [1.165, 1.54) is 11.5 Å². The van der Waals surface area contributed by atoms with Gasteiger partial charge in [0.25, 0.3) is 0 Å². The Morgan fingerprint density at radius 2 is 2.57 bits per heavy atom. The summed E-state index contributed by atoms with van der Waals surface area (Å²) >= 11 is 1.28. The highest BCUT2D eigenvalue weighted by Gasteiger charge is 2.29. The predicted octanol–water partition coefficient (Wildman–Crippen LogP) is 1.10. The van der Waals surface area contributed by atoms with Crippen molar-refractivity contribution in [3.8, 4) is 0 Å². The summed E-state index contributed by atoms with van der Waals surface area (Å²) < 4.78 is 9.52. The molecule has 3 N–H and O–H groups in total. The van der Waals surface area contributed by atoms with Crippen LogP contribution in [-0.2, 0) is 4.74 Å². The molecule has 1 unspecified atom stereocenters. The summed E-state index contributed by atoms with van der Waals surface area (Å²) in [4.78, 5) is 4.02. The van der Waals surface area contributed by atoms with Crippen molar-refractivity contribution in [2.75, 3.05) is 24.2 Å². The Morgan fingerprint density at radius 3 is 3.14 bits per heavy atom. The van der Waals surface area contributed by atoms with Gasteiger partial charge in [0.1, 0.15) is 0 Å². The van der Waals surface area contributed by atoms with Crippen LogP contribution in [0.1, 0.15) is 19.8 Å². The standard InChI is InChI=1S/C8H14N4OS/c1-8(3-2-4-13-8)5-10-7-11-6(9)12-14-7/h2-5H2,1H3,(H3,9,10,11,12). The van der Waals surface area contributed by atoms with Crippen LogP contribution in [0.5, 0.6) is 0 Å². The molecule has 1 aliphatic heterocycles. The van der Waals surface area contributed by atoms with Gasteiger partial charge in [-0.15, -0.1) is 0 Å². The van der Waals surface area contributed by atoms with Gasteiger partial charge < -0.3 is 15.8 Å². The lowest BCUT2D eigenvalue weighted by molar-refractivity contribution is 0.0315. The number of nitrogen functional groups attached to an aromatic ring is 1. The average molecular weight is 214 g/mol. The predicted molar refractivity (Wildman–Crippen MR) is 56.4 cm³/mol. The molecule has 0 bridgehead atoms. The molecule has 0 amide bonds. The first-order valence-electron chi connectivity index (χ1n) is 4.65. The quantitative estimate of drug-likeness (QED) is 0.788. The second-order valence-electron chi connectivity index (χ2n) is 3.71. The van der Waals surface area contributed by atoms with E-state index in [9.17, 15) is 0 Å². The summed E-state index contributed by atoms with van der Waals surface area (Å²) in [6.07, 6.45) is 2.23. The number of aromatic nitrogens is 2. The van der Waals surface area contributed by atoms with Crippen molar-refractivity contribution in [1.29, 1.82) is 0 Å². The highest BCUT2D eigenvalue weighted by atomic mass is 32.1. The minimum Gasteiger partial charge on any atom is -0.373 e. The van der Waals surface area contributed by atoms with Gasteiger partial charge in [-0.1, -0.05) is 0 Å². The molecule has 1 saturated heterocycles. The zero-order valence-electron chi connectivity index (χ0n) is 8.12. The third kappa shape index (κ3) is 2.13. The van der Waals surface area contributed by atoms with Crippen molar-refractivity contribution in [3.05, 3.63) is 0 Å². The first-order chi connectivity index (χ1) is 6.68. The van der Waals surface area contributed by atoms with E-state index in [2.05, 4.69) is 21.6 Å². The molecular weight excluding hydrogens is 200 g/mol. The maximum absolute atomic E-state index is 5.63. The summed E-state index contributed by atoms with van der Waals surface area (Å²) in [5.74, 6) is 0.329. The van der Waals surface area contributed by atoms with E-state index in [1.807, 2.05) is 0 Å². The lowest BCUT2D eigenvalue weighted by Gasteiger charge is -2.22. The van der Waals surface area contributed by atoms with Gasteiger partial charge in [-0.2, -0.15) is 9.36 Å². The fraction of sp³-hybridized carbons (Fsp3) is 0.750. The van der Waals surface area contributed by atoms with E-state index in [1.54, 1.807) is 0 Å². The van der Waals surface area contributed by atoms with E-state index < -0.39 is 0 Å². The number of nitrogens with zero attached hydrogens (tertiary/aromatic N) is 2. The molecule has 0 aliphatic carbocycles. The number of rotatable bonds is 3.